The molecule has 0 radical (unpaired) electrons. The van der Waals surface area contributed by atoms with Gasteiger partial charge in [0, 0.05) is 5.56 Å². The normalized spacial score (nSPS) is 27.3. The van der Waals surface area contributed by atoms with E-state index in [0.29, 0.717) is 35.1 Å². The van der Waals surface area contributed by atoms with Gasteiger partial charge in [0.05, 0.1) is 11.1 Å². The van der Waals surface area contributed by atoms with E-state index in [2.05, 4.69) is 18.0 Å². The number of hydrogen-bond acceptors (Lipinski definition) is 2. The molecule has 0 saturated heterocycles. The van der Waals surface area contributed by atoms with Crippen LogP contribution in [0.3, 0.4) is 0 Å². The SMILES string of the molecule is CCCCCC1CCC2CC(c3ccc(-c4ccc(C5=NC(C)(C)CO5)c(F)c4)c(F)c3)CCC2C1. The van der Waals surface area contributed by atoms with Crippen molar-refractivity contribution in [2.75, 3.05) is 6.61 Å². The predicted octanol–water partition coefficient (Wildman–Crippen LogP) is 9.07. The number of ether oxygens (including phenoxy) is 1. The van der Waals surface area contributed by atoms with Gasteiger partial charge < -0.3 is 4.74 Å². The Morgan fingerprint density at radius 2 is 1.64 bits per heavy atom. The highest BCUT2D eigenvalue weighted by molar-refractivity contribution is 5.96. The first-order chi connectivity index (χ1) is 17.3. The van der Waals surface area contributed by atoms with E-state index >= 15 is 4.39 Å². The van der Waals surface area contributed by atoms with Crippen molar-refractivity contribution in [2.24, 2.45) is 22.7 Å². The second-order valence-electron chi connectivity index (χ2n) is 12.2. The third-order valence-corrected chi connectivity index (χ3v) is 8.88. The minimum atomic E-state index is -0.434. The van der Waals surface area contributed by atoms with E-state index in [1.54, 1.807) is 18.2 Å². The summed E-state index contributed by atoms with van der Waals surface area (Å²) in [6.07, 6.45) is 13.2. The number of hydrogen-bond donors (Lipinski definition) is 0. The predicted molar refractivity (Wildman–Crippen MR) is 143 cm³/mol. The molecule has 0 aromatic heterocycles. The summed E-state index contributed by atoms with van der Waals surface area (Å²) < 4.78 is 35.8. The van der Waals surface area contributed by atoms with Gasteiger partial charge in [-0.3, -0.25) is 0 Å². The maximum atomic E-state index is 15.3. The van der Waals surface area contributed by atoms with Crippen LogP contribution >= 0.6 is 0 Å². The van der Waals surface area contributed by atoms with Crippen LogP contribution in [0.15, 0.2) is 41.4 Å². The van der Waals surface area contributed by atoms with Gasteiger partial charge in [-0.2, -0.15) is 0 Å². The van der Waals surface area contributed by atoms with E-state index in [-0.39, 0.29) is 11.4 Å². The molecule has 2 nitrogen and oxygen atoms in total. The molecule has 3 aliphatic rings. The number of benzene rings is 2. The lowest BCUT2D eigenvalue weighted by atomic mass is 9.63. The van der Waals surface area contributed by atoms with Crippen molar-refractivity contribution in [2.45, 2.75) is 96.4 Å². The standard InChI is InChI=1S/C32H41F2NO/c1-4-5-6-7-21-8-9-23-17-24(11-10-22(23)16-21)25-12-14-27(29(33)18-25)26-13-15-28(30(34)19-26)31-35-32(2,3)20-36-31/h12-15,18-19,21-24H,4-11,16-17,20H2,1-3H3. The molecule has 4 heteroatoms. The molecule has 0 N–H and O–H groups in total. The van der Waals surface area contributed by atoms with Crippen LogP contribution in [0.2, 0.25) is 0 Å². The van der Waals surface area contributed by atoms with Crippen molar-refractivity contribution in [3.63, 3.8) is 0 Å². The number of unbranched alkanes of at least 4 members (excludes halogenated alkanes) is 2. The Bertz CT molecular complexity index is 1110. The first-order valence-electron chi connectivity index (χ1n) is 14.2. The van der Waals surface area contributed by atoms with Crippen LogP contribution < -0.4 is 0 Å². The molecule has 4 atom stereocenters. The maximum absolute atomic E-state index is 15.3. The van der Waals surface area contributed by atoms with Crippen molar-refractivity contribution < 1.29 is 13.5 Å². The van der Waals surface area contributed by atoms with E-state index in [9.17, 15) is 4.39 Å². The molecule has 5 rings (SSSR count). The summed E-state index contributed by atoms with van der Waals surface area (Å²) in [5, 5.41) is 0. The Morgan fingerprint density at radius 1 is 0.889 bits per heavy atom. The Labute approximate surface area is 215 Å². The molecule has 194 valence electrons. The molecule has 2 saturated carbocycles. The fourth-order valence-electron chi connectivity index (χ4n) is 6.83. The third-order valence-electron chi connectivity index (χ3n) is 8.88. The molecule has 1 aliphatic heterocycles. The number of rotatable bonds is 7. The monoisotopic (exact) mass is 493 g/mol. The second-order valence-corrected chi connectivity index (χ2v) is 12.2. The van der Waals surface area contributed by atoms with Crippen molar-refractivity contribution in [3.05, 3.63) is 59.2 Å². The summed E-state index contributed by atoms with van der Waals surface area (Å²) in [6.45, 7) is 6.62. The zero-order valence-corrected chi connectivity index (χ0v) is 22.2. The Kier molecular flexibility index (Phi) is 7.51. The lowest BCUT2D eigenvalue weighted by Crippen LogP contribution is -2.30. The van der Waals surface area contributed by atoms with Crippen molar-refractivity contribution in [1.82, 2.24) is 0 Å². The van der Waals surface area contributed by atoms with Gasteiger partial charge in [0.2, 0.25) is 5.90 Å². The van der Waals surface area contributed by atoms with E-state index in [4.69, 9.17) is 4.74 Å². The number of nitrogens with zero attached hydrogens (tertiary/aromatic N) is 1. The summed E-state index contributed by atoms with van der Waals surface area (Å²) >= 11 is 0. The lowest BCUT2D eigenvalue weighted by Gasteiger charge is -2.42. The Hall–Kier alpha value is -2.23. The molecular weight excluding hydrogens is 452 g/mol. The van der Waals surface area contributed by atoms with Gasteiger partial charge >= 0.3 is 0 Å². The van der Waals surface area contributed by atoms with Crippen LogP contribution in [0.4, 0.5) is 8.78 Å². The highest BCUT2D eigenvalue weighted by Crippen LogP contribution is 2.48. The van der Waals surface area contributed by atoms with Gasteiger partial charge in [-0.15, -0.1) is 0 Å². The second kappa shape index (κ2) is 10.6. The van der Waals surface area contributed by atoms with Gasteiger partial charge in [-0.05, 0) is 98.9 Å². The van der Waals surface area contributed by atoms with Crippen molar-refractivity contribution in [1.29, 1.82) is 0 Å². The van der Waals surface area contributed by atoms with E-state index in [1.165, 1.54) is 63.9 Å². The van der Waals surface area contributed by atoms with Crippen LogP contribution in [-0.4, -0.2) is 18.0 Å². The molecule has 0 bridgehead atoms. The summed E-state index contributed by atoms with van der Waals surface area (Å²) in [5.74, 6) is 2.65. The van der Waals surface area contributed by atoms with Gasteiger partial charge in [0.25, 0.3) is 0 Å². The first kappa shape index (κ1) is 25.4. The van der Waals surface area contributed by atoms with Crippen LogP contribution in [0.1, 0.15) is 102 Å². The minimum absolute atomic E-state index is 0.267. The highest BCUT2D eigenvalue weighted by Gasteiger charge is 2.36. The number of aliphatic imine (C=N–C) groups is 1. The zero-order valence-electron chi connectivity index (χ0n) is 22.2. The molecular formula is C32H41F2NO. The minimum Gasteiger partial charge on any atom is -0.475 e. The summed E-state index contributed by atoms with van der Waals surface area (Å²) in [5.41, 5.74) is 2.07. The smallest absolute Gasteiger partial charge is 0.219 e. The third kappa shape index (κ3) is 5.53. The fourth-order valence-corrected chi connectivity index (χ4v) is 6.83. The van der Waals surface area contributed by atoms with Crippen LogP contribution in [-0.2, 0) is 4.74 Å². The number of halogens is 2. The molecule has 1 heterocycles. The summed E-state index contributed by atoms with van der Waals surface area (Å²) in [4.78, 5) is 4.46. The van der Waals surface area contributed by atoms with E-state index in [0.717, 1.165) is 29.7 Å². The molecule has 0 spiro atoms. The van der Waals surface area contributed by atoms with Crippen molar-refractivity contribution >= 4 is 5.90 Å². The molecule has 4 unspecified atom stereocenters. The molecule has 2 aromatic rings. The average Bonchev–Trinajstić information content (AvgIpc) is 3.23. The zero-order chi connectivity index (χ0) is 25.3. The maximum Gasteiger partial charge on any atom is 0.219 e. The van der Waals surface area contributed by atoms with E-state index < -0.39 is 5.82 Å². The first-order valence-corrected chi connectivity index (χ1v) is 14.2. The van der Waals surface area contributed by atoms with Crippen LogP contribution in [0, 0.1) is 29.4 Å². The Balaban J connectivity index is 1.25. The van der Waals surface area contributed by atoms with Crippen molar-refractivity contribution in [3.8, 4) is 11.1 Å². The Morgan fingerprint density at radius 3 is 2.36 bits per heavy atom. The highest BCUT2D eigenvalue weighted by atomic mass is 19.1. The van der Waals surface area contributed by atoms with Gasteiger partial charge in [0.15, 0.2) is 0 Å². The summed E-state index contributed by atoms with van der Waals surface area (Å²) in [6, 6.07) is 10.4. The van der Waals surface area contributed by atoms with E-state index in [1.807, 2.05) is 19.9 Å². The van der Waals surface area contributed by atoms with Crippen LogP contribution in [0.5, 0.6) is 0 Å². The topological polar surface area (TPSA) is 21.6 Å². The largest absolute Gasteiger partial charge is 0.475 e. The van der Waals surface area contributed by atoms with Crippen LogP contribution in [0.25, 0.3) is 11.1 Å². The molecule has 0 amide bonds. The molecule has 2 aliphatic carbocycles. The average molecular weight is 494 g/mol. The summed E-state index contributed by atoms with van der Waals surface area (Å²) in [7, 11) is 0. The molecule has 36 heavy (non-hydrogen) atoms. The fraction of sp³-hybridized carbons (Fsp3) is 0.594. The molecule has 2 aromatic carbocycles. The molecule has 2 fully saturated rings. The van der Waals surface area contributed by atoms with Gasteiger partial charge in [-0.25, -0.2) is 13.8 Å². The number of fused-ring (bicyclic) bond motifs is 1. The quantitative estimate of drug-likeness (QED) is 0.353. The van der Waals surface area contributed by atoms with Gasteiger partial charge in [-0.1, -0.05) is 57.2 Å². The lowest BCUT2D eigenvalue weighted by molar-refractivity contribution is 0.113. The van der Waals surface area contributed by atoms with Gasteiger partial charge in [0.1, 0.15) is 18.2 Å².